The Hall–Kier alpha value is -4.92. The molecule has 2 aromatic heterocycles. The van der Waals surface area contributed by atoms with Gasteiger partial charge >= 0.3 is 12.1 Å². The molecule has 1 fully saturated rings. The SMILES string of the molecule is CC.CC1CN(C(=O)OC(C)(C)C)CC(C)N1c1ccc(-c2cnc3c(-c4cccc5c(C(=O)O)cccc45)cnn3c2)cc1. The first-order chi connectivity index (χ1) is 21.5. The van der Waals surface area contributed by atoms with Crippen molar-refractivity contribution >= 4 is 34.2 Å². The van der Waals surface area contributed by atoms with Crippen LogP contribution in [0.25, 0.3) is 38.7 Å². The number of fused-ring (bicyclic) bond motifs is 2. The van der Waals surface area contributed by atoms with Crippen LogP contribution in [0.15, 0.2) is 79.3 Å². The predicted molar refractivity (Wildman–Crippen MR) is 179 cm³/mol. The van der Waals surface area contributed by atoms with E-state index in [1.165, 1.54) is 0 Å². The van der Waals surface area contributed by atoms with Gasteiger partial charge in [-0.1, -0.05) is 56.3 Å². The Balaban J connectivity index is 0.00000196. The van der Waals surface area contributed by atoms with Crippen LogP contribution in [0.2, 0.25) is 0 Å². The quantitative estimate of drug-likeness (QED) is 0.223. The molecule has 6 rings (SSSR count). The Kier molecular flexibility index (Phi) is 8.82. The monoisotopic (exact) mass is 607 g/mol. The summed E-state index contributed by atoms with van der Waals surface area (Å²) in [5, 5.41) is 15.8. The number of ether oxygens (including phenoxy) is 1. The average Bonchev–Trinajstić information content (AvgIpc) is 3.43. The summed E-state index contributed by atoms with van der Waals surface area (Å²) in [5.41, 5.74) is 5.20. The van der Waals surface area contributed by atoms with Crippen molar-refractivity contribution in [1.29, 1.82) is 0 Å². The number of aromatic nitrogens is 3. The zero-order chi connectivity index (χ0) is 32.5. The molecule has 9 heteroatoms. The van der Waals surface area contributed by atoms with Crippen LogP contribution in [0.4, 0.5) is 10.5 Å². The first-order valence-electron chi connectivity index (χ1n) is 15.5. The van der Waals surface area contributed by atoms with Crippen LogP contribution in [0.5, 0.6) is 0 Å². The Morgan fingerprint density at radius 3 is 2.13 bits per heavy atom. The zero-order valence-electron chi connectivity index (χ0n) is 27.0. The van der Waals surface area contributed by atoms with Gasteiger partial charge in [0.1, 0.15) is 5.60 Å². The van der Waals surface area contributed by atoms with Crippen molar-refractivity contribution in [2.24, 2.45) is 0 Å². The number of carboxylic acids is 1. The van der Waals surface area contributed by atoms with Gasteiger partial charge in [-0.05, 0) is 74.7 Å². The topological polar surface area (TPSA) is 100 Å². The molecule has 1 saturated heterocycles. The minimum Gasteiger partial charge on any atom is -0.478 e. The molecule has 2 unspecified atom stereocenters. The van der Waals surface area contributed by atoms with Crippen LogP contribution in [-0.4, -0.2) is 67.4 Å². The average molecular weight is 608 g/mol. The lowest BCUT2D eigenvalue weighted by atomic mass is 9.97. The second-order valence-corrected chi connectivity index (χ2v) is 12.2. The molecule has 1 aliphatic rings. The van der Waals surface area contributed by atoms with Gasteiger partial charge in [0.05, 0.1) is 11.8 Å². The standard InChI is InChI=1S/C34H35N5O4.C2H6/c1-21-18-37(33(42)43-34(3,4)5)19-22(2)39(21)25-14-12-23(13-15-25)24-16-35-31-30(17-36-38(31)20-24)28-10-6-9-27-26(28)8-7-11-29(27)32(40)41;1-2/h6-17,20-22H,18-19H2,1-5H3,(H,40,41);1-2H3. The number of carbonyl (C=O) groups is 2. The maximum atomic E-state index is 12.7. The van der Waals surface area contributed by atoms with E-state index in [1.807, 2.05) is 71.3 Å². The molecule has 234 valence electrons. The summed E-state index contributed by atoms with van der Waals surface area (Å²) in [4.78, 5) is 33.4. The highest BCUT2D eigenvalue weighted by Gasteiger charge is 2.34. The molecule has 2 atom stereocenters. The van der Waals surface area contributed by atoms with E-state index in [-0.39, 0.29) is 23.7 Å². The molecular formula is C36H41N5O4. The second kappa shape index (κ2) is 12.6. The summed E-state index contributed by atoms with van der Waals surface area (Å²) < 4.78 is 7.37. The summed E-state index contributed by atoms with van der Waals surface area (Å²) in [7, 11) is 0. The summed E-state index contributed by atoms with van der Waals surface area (Å²) in [6.45, 7) is 15.1. The van der Waals surface area contributed by atoms with Gasteiger partial charge in [0, 0.05) is 54.4 Å². The van der Waals surface area contributed by atoms with Crippen LogP contribution in [0, 0.1) is 0 Å². The van der Waals surface area contributed by atoms with E-state index in [0.717, 1.165) is 33.3 Å². The number of aromatic carboxylic acids is 1. The minimum absolute atomic E-state index is 0.128. The molecule has 45 heavy (non-hydrogen) atoms. The molecule has 0 bridgehead atoms. The van der Waals surface area contributed by atoms with Gasteiger partial charge in [-0.2, -0.15) is 5.10 Å². The molecule has 1 aliphatic heterocycles. The largest absolute Gasteiger partial charge is 0.478 e. The van der Waals surface area contributed by atoms with E-state index in [0.29, 0.717) is 24.1 Å². The lowest BCUT2D eigenvalue weighted by Crippen LogP contribution is -2.58. The smallest absolute Gasteiger partial charge is 0.410 e. The number of carboxylic acid groups (broad SMARTS) is 1. The molecule has 3 aromatic carbocycles. The van der Waals surface area contributed by atoms with E-state index >= 15 is 0 Å². The number of nitrogens with zero attached hydrogens (tertiary/aromatic N) is 5. The molecule has 1 N–H and O–H groups in total. The number of benzene rings is 3. The fraction of sp³-hybridized carbons (Fsp3) is 0.333. The zero-order valence-corrected chi connectivity index (χ0v) is 27.0. The van der Waals surface area contributed by atoms with Crippen LogP contribution >= 0.6 is 0 Å². The minimum atomic E-state index is -0.955. The summed E-state index contributed by atoms with van der Waals surface area (Å²) in [6.07, 6.45) is 5.31. The predicted octanol–water partition coefficient (Wildman–Crippen LogP) is 7.78. The number of anilines is 1. The lowest BCUT2D eigenvalue weighted by molar-refractivity contribution is 0.0192. The second-order valence-electron chi connectivity index (χ2n) is 12.2. The van der Waals surface area contributed by atoms with Gasteiger partial charge in [-0.25, -0.2) is 19.1 Å². The van der Waals surface area contributed by atoms with Gasteiger partial charge in [0.25, 0.3) is 0 Å². The molecular weight excluding hydrogens is 566 g/mol. The Labute approximate surface area is 264 Å². The van der Waals surface area contributed by atoms with Crippen LogP contribution < -0.4 is 4.90 Å². The summed E-state index contributed by atoms with van der Waals surface area (Å²) >= 11 is 0. The van der Waals surface area contributed by atoms with Crippen molar-refractivity contribution in [3.63, 3.8) is 0 Å². The van der Waals surface area contributed by atoms with Gasteiger partial charge in [0.2, 0.25) is 0 Å². The normalized spacial score (nSPS) is 16.8. The van der Waals surface area contributed by atoms with Gasteiger partial charge < -0.3 is 19.6 Å². The third-order valence-corrected chi connectivity index (χ3v) is 7.87. The highest BCUT2D eigenvalue weighted by atomic mass is 16.6. The van der Waals surface area contributed by atoms with Crippen molar-refractivity contribution in [3.05, 3.63) is 84.8 Å². The highest BCUT2D eigenvalue weighted by molar-refractivity contribution is 6.09. The van der Waals surface area contributed by atoms with Crippen molar-refractivity contribution in [3.8, 4) is 22.3 Å². The maximum absolute atomic E-state index is 12.7. The van der Waals surface area contributed by atoms with Gasteiger partial charge in [-0.3, -0.25) is 0 Å². The van der Waals surface area contributed by atoms with Crippen molar-refractivity contribution in [1.82, 2.24) is 19.5 Å². The van der Waals surface area contributed by atoms with Gasteiger partial charge in [0.15, 0.2) is 5.65 Å². The molecule has 3 heterocycles. The molecule has 0 spiro atoms. The van der Waals surface area contributed by atoms with Crippen molar-refractivity contribution in [2.45, 2.75) is 66.2 Å². The van der Waals surface area contributed by atoms with Gasteiger partial charge in [-0.15, -0.1) is 0 Å². The molecule has 5 aromatic rings. The van der Waals surface area contributed by atoms with Crippen molar-refractivity contribution < 1.29 is 19.4 Å². The maximum Gasteiger partial charge on any atom is 0.410 e. The number of rotatable bonds is 4. The number of hydrogen-bond donors (Lipinski definition) is 1. The molecule has 0 aliphatic carbocycles. The Bertz CT molecular complexity index is 1830. The van der Waals surface area contributed by atoms with Crippen LogP contribution in [-0.2, 0) is 4.74 Å². The number of carbonyl (C=O) groups excluding carboxylic acids is 1. The third-order valence-electron chi connectivity index (χ3n) is 7.87. The fourth-order valence-electron chi connectivity index (χ4n) is 6.08. The molecule has 0 saturated carbocycles. The van der Waals surface area contributed by atoms with E-state index < -0.39 is 11.6 Å². The van der Waals surface area contributed by atoms with E-state index in [2.05, 4.69) is 48.1 Å². The Morgan fingerprint density at radius 1 is 0.844 bits per heavy atom. The molecule has 0 radical (unpaired) electrons. The van der Waals surface area contributed by atoms with E-state index in [1.54, 1.807) is 27.7 Å². The van der Waals surface area contributed by atoms with Crippen molar-refractivity contribution in [2.75, 3.05) is 18.0 Å². The molecule has 9 nitrogen and oxygen atoms in total. The van der Waals surface area contributed by atoms with E-state index in [9.17, 15) is 14.7 Å². The first-order valence-corrected chi connectivity index (χ1v) is 15.5. The summed E-state index contributed by atoms with van der Waals surface area (Å²) in [6, 6.07) is 19.6. The van der Waals surface area contributed by atoms with Crippen LogP contribution in [0.1, 0.15) is 58.8 Å². The Morgan fingerprint density at radius 2 is 1.49 bits per heavy atom. The highest BCUT2D eigenvalue weighted by Crippen LogP contribution is 2.34. The van der Waals surface area contributed by atoms with E-state index in [4.69, 9.17) is 9.72 Å². The third kappa shape index (κ3) is 6.34. The number of hydrogen-bond acceptors (Lipinski definition) is 6. The summed E-state index contributed by atoms with van der Waals surface area (Å²) in [5.74, 6) is -0.955. The lowest BCUT2D eigenvalue weighted by Gasteiger charge is -2.45. The number of piperazine rings is 1. The first kappa shape index (κ1) is 31.5. The van der Waals surface area contributed by atoms with Crippen LogP contribution in [0.3, 0.4) is 0 Å². The number of amides is 1. The molecule has 1 amide bonds. The fourth-order valence-corrected chi connectivity index (χ4v) is 6.08.